The van der Waals surface area contributed by atoms with E-state index >= 15 is 0 Å². The highest BCUT2D eigenvalue weighted by Gasteiger charge is 2.26. The molecule has 0 atom stereocenters. The number of amides is 3. The Hall–Kier alpha value is -2.65. The lowest BCUT2D eigenvalue weighted by Gasteiger charge is -2.31. The Morgan fingerprint density at radius 3 is 2.67 bits per heavy atom. The summed E-state index contributed by atoms with van der Waals surface area (Å²) >= 11 is 1.54. The number of morpholine rings is 1. The fourth-order valence-corrected chi connectivity index (χ4v) is 5.21. The Bertz CT molecular complexity index is 936. The van der Waals surface area contributed by atoms with E-state index < -0.39 is 0 Å². The molecule has 2 aliphatic heterocycles. The molecule has 0 saturated carbocycles. The third-order valence-electron chi connectivity index (χ3n) is 6.20. The van der Waals surface area contributed by atoms with Gasteiger partial charge in [0.05, 0.1) is 29.6 Å². The van der Waals surface area contributed by atoms with E-state index in [9.17, 15) is 9.59 Å². The summed E-state index contributed by atoms with van der Waals surface area (Å²) in [4.78, 5) is 34.0. The Labute approximate surface area is 199 Å². The number of likely N-dealkylation sites (tertiary alicyclic amines) is 1. The van der Waals surface area contributed by atoms with Gasteiger partial charge < -0.3 is 25.2 Å². The molecule has 0 spiro atoms. The molecular formula is C24H33N5O3S. The first-order chi connectivity index (χ1) is 16.2. The molecule has 0 aliphatic carbocycles. The van der Waals surface area contributed by atoms with E-state index in [-0.39, 0.29) is 17.9 Å². The second-order valence-corrected chi connectivity index (χ2v) is 9.38. The van der Waals surface area contributed by atoms with Crippen LogP contribution < -0.4 is 15.5 Å². The van der Waals surface area contributed by atoms with E-state index in [1.54, 1.807) is 0 Å². The third-order valence-corrected chi connectivity index (χ3v) is 7.20. The zero-order valence-electron chi connectivity index (χ0n) is 19.2. The van der Waals surface area contributed by atoms with Crippen LogP contribution in [0.1, 0.15) is 54.0 Å². The van der Waals surface area contributed by atoms with E-state index in [1.165, 1.54) is 11.3 Å². The van der Waals surface area contributed by atoms with Crippen LogP contribution in [-0.4, -0.2) is 67.8 Å². The molecular weight excluding hydrogens is 438 g/mol. The zero-order valence-corrected chi connectivity index (χ0v) is 20.0. The van der Waals surface area contributed by atoms with Crippen molar-refractivity contribution < 1.29 is 14.3 Å². The van der Waals surface area contributed by atoms with Crippen molar-refractivity contribution >= 4 is 34.6 Å². The number of urea groups is 1. The number of piperidine rings is 1. The molecule has 0 bridgehead atoms. The van der Waals surface area contributed by atoms with Gasteiger partial charge in [0, 0.05) is 44.0 Å². The highest BCUT2D eigenvalue weighted by Crippen LogP contribution is 2.31. The molecule has 9 heteroatoms. The highest BCUT2D eigenvalue weighted by molar-refractivity contribution is 7.10. The van der Waals surface area contributed by atoms with Crippen LogP contribution in [0.25, 0.3) is 0 Å². The maximum Gasteiger partial charge on any atom is 0.317 e. The maximum absolute atomic E-state index is 12.9. The zero-order chi connectivity index (χ0) is 23.0. The largest absolute Gasteiger partial charge is 0.378 e. The van der Waals surface area contributed by atoms with Gasteiger partial charge in [0.2, 0.25) is 0 Å². The van der Waals surface area contributed by atoms with Gasteiger partial charge in [-0.1, -0.05) is 25.5 Å². The number of thiazole rings is 1. The Kier molecular flexibility index (Phi) is 8.17. The summed E-state index contributed by atoms with van der Waals surface area (Å²) in [6.07, 6.45) is 3.81. The van der Waals surface area contributed by atoms with Crippen LogP contribution in [0.5, 0.6) is 0 Å². The van der Waals surface area contributed by atoms with Crippen LogP contribution in [0, 0.1) is 0 Å². The average molecular weight is 472 g/mol. The number of anilines is 2. The number of hydrogen-bond acceptors (Lipinski definition) is 6. The molecule has 0 radical (unpaired) electrons. The number of hydrogen-bond donors (Lipinski definition) is 2. The van der Waals surface area contributed by atoms with Gasteiger partial charge in [-0.25, -0.2) is 9.78 Å². The number of carbonyl (C=O) groups excluding carboxylic acids is 2. The van der Waals surface area contributed by atoms with E-state index in [1.807, 2.05) is 34.5 Å². The quantitative estimate of drug-likeness (QED) is 0.598. The number of carbonyl (C=O) groups is 2. The predicted octanol–water partition coefficient (Wildman–Crippen LogP) is 3.92. The van der Waals surface area contributed by atoms with Gasteiger partial charge in [0.15, 0.2) is 0 Å². The standard InChI is InChI=1S/C24H33N5O3S/c1-2-3-10-25-24(31)29-11-8-18(9-12-29)23-27-20(17-33-23)22(30)26-19-6-4-5-7-21(19)28-13-15-32-16-14-28/h4-7,17-18H,2-3,8-16H2,1H3,(H,25,31)(H,26,30). The van der Waals surface area contributed by atoms with Crippen molar-refractivity contribution in [3.05, 3.63) is 40.3 Å². The number of aromatic nitrogens is 1. The summed E-state index contributed by atoms with van der Waals surface area (Å²) in [5.41, 5.74) is 2.25. The minimum atomic E-state index is -0.189. The number of nitrogens with zero attached hydrogens (tertiary/aromatic N) is 3. The van der Waals surface area contributed by atoms with Gasteiger partial charge in [-0.15, -0.1) is 11.3 Å². The number of ether oxygens (including phenoxy) is 1. The normalized spacial score (nSPS) is 17.1. The van der Waals surface area contributed by atoms with Crippen molar-refractivity contribution in [1.82, 2.24) is 15.2 Å². The lowest BCUT2D eigenvalue weighted by molar-refractivity contribution is 0.102. The van der Waals surface area contributed by atoms with Crippen molar-refractivity contribution in [1.29, 1.82) is 0 Å². The van der Waals surface area contributed by atoms with Crippen LogP contribution in [0.4, 0.5) is 16.2 Å². The minimum absolute atomic E-state index is 0.0278. The van der Waals surface area contributed by atoms with E-state index in [4.69, 9.17) is 4.74 Å². The van der Waals surface area contributed by atoms with Crippen LogP contribution in [0.15, 0.2) is 29.6 Å². The smallest absolute Gasteiger partial charge is 0.317 e. The molecule has 2 saturated heterocycles. The summed E-state index contributed by atoms with van der Waals surface area (Å²) in [5, 5.41) is 8.86. The summed E-state index contributed by atoms with van der Waals surface area (Å²) in [5.74, 6) is 0.0998. The number of benzene rings is 1. The Morgan fingerprint density at radius 1 is 1.15 bits per heavy atom. The minimum Gasteiger partial charge on any atom is -0.378 e. The van der Waals surface area contributed by atoms with E-state index in [0.717, 1.165) is 74.8 Å². The van der Waals surface area contributed by atoms with E-state index in [0.29, 0.717) is 18.9 Å². The maximum atomic E-state index is 12.9. The molecule has 1 aromatic heterocycles. The van der Waals surface area contributed by atoms with Gasteiger partial charge >= 0.3 is 6.03 Å². The molecule has 2 aromatic rings. The van der Waals surface area contributed by atoms with Crippen molar-refractivity contribution in [2.24, 2.45) is 0 Å². The van der Waals surface area contributed by atoms with Gasteiger partial charge in [0.25, 0.3) is 5.91 Å². The summed E-state index contributed by atoms with van der Waals surface area (Å²) in [6.45, 7) is 7.28. The lowest BCUT2D eigenvalue weighted by atomic mass is 9.98. The molecule has 4 rings (SSSR count). The number of para-hydroxylation sites is 2. The van der Waals surface area contributed by atoms with Crippen molar-refractivity contribution in [2.75, 3.05) is 56.2 Å². The van der Waals surface area contributed by atoms with Gasteiger partial charge in [-0.3, -0.25) is 4.79 Å². The van der Waals surface area contributed by atoms with Crippen LogP contribution >= 0.6 is 11.3 Å². The van der Waals surface area contributed by atoms with E-state index in [2.05, 4.69) is 27.4 Å². The molecule has 1 aromatic carbocycles. The molecule has 33 heavy (non-hydrogen) atoms. The van der Waals surface area contributed by atoms with Crippen molar-refractivity contribution in [2.45, 2.75) is 38.5 Å². The molecule has 3 amide bonds. The first kappa shape index (κ1) is 23.5. The first-order valence-corrected chi connectivity index (χ1v) is 12.7. The van der Waals surface area contributed by atoms with Gasteiger partial charge in [-0.2, -0.15) is 0 Å². The summed E-state index contributed by atoms with van der Waals surface area (Å²) in [6, 6.07) is 7.90. The number of rotatable bonds is 7. The molecule has 8 nitrogen and oxygen atoms in total. The predicted molar refractivity (Wildman–Crippen MR) is 131 cm³/mol. The van der Waals surface area contributed by atoms with Gasteiger partial charge in [0.1, 0.15) is 5.69 Å². The monoisotopic (exact) mass is 471 g/mol. The topological polar surface area (TPSA) is 86.8 Å². The SMILES string of the molecule is CCCCNC(=O)N1CCC(c2nc(C(=O)Nc3ccccc3N3CCOCC3)cs2)CC1. The molecule has 178 valence electrons. The van der Waals surface area contributed by atoms with Crippen LogP contribution in [0.3, 0.4) is 0 Å². The molecule has 2 aliphatic rings. The molecule has 2 N–H and O–H groups in total. The summed E-state index contributed by atoms with van der Waals surface area (Å²) < 4.78 is 5.45. The highest BCUT2D eigenvalue weighted by atomic mass is 32.1. The van der Waals surface area contributed by atoms with Crippen LogP contribution in [0.2, 0.25) is 0 Å². The van der Waals surface area contributed by atoms with Gasteiger partial charge in [-0.05, 0) is 31.4 Å². The Morgan fingerprint density at radius 2 is 1.91 bits per heavy atom. The average Bonchev–Trinajstić information content (AvgIpc) is 3.36. The van der Waals surface area contributed by atoms with Crippen molar-refractivity contribution in [3.63, 3.8) is 0 Å². The number of unbranched alkanes of at least 4 members (excludes halogenated alkanes) is 1. The first-order valence-electron chi connectivity index (χ1n) is 11.9. The molecule has 3 heterocycles. The molecule has 0 unspecified atom stereocenters. The second kappa shape index (κ2) is 11.5. The van der Waals surface area contributed by atoms with Crippen LogP contribution in [-0.2, 0) is 4.74 Å². The lowest BCUT2D eigenvalue weighted by Crippen LogP contribution is -2.44. The Balaban J connectivity index is 1.33. The second-order valence-electron chi connectivity index (χ2n) is 8.49. The fourth-order valence-electron chi connectivity index (χ4n) is 4.24. The van der Waals surface area contributed by atoms with Crippen molar-refractivity contribution in [3.8, 4) is 0 Å². The molecule has 2 fully saturated rings. The summed E-state index contributed by atoms with van der Waals surface area (Å²) in [7, 11) is 0. The fraction of sp³-hybridized carbons (Fsp3) is 0.542. The third kappa shape index (κ3) is 6.03. The number of nitrogens with one attached hydrogen (secondary N) is 2.